The molecule has 23 rings (SSSR count). The van der Waals surface area contributed by atoms with Crippen LogP contribution in [0.15, 0.2) is 133 Å². The number of carbonyl (C=O) groups is 6. The van der Waals surface area contributed by atoms with Gasteiger partial charge < -0.3 is 10.2 Å². The second-order valence-electron chi connectivity index (χ2n) is 46.4. The maximum Gasteiger partial charge on any atom is 0.230 e. The molecule has 12 aromatic heterocycles. The van der Waals surface area contributed by atoms with Crippen LogP contribution in [-0.2, 0) is 40.0 Å². The minimum atomic E-state index is -1.26. The summed E-state index contributed by atoms with van der Waals surface area (Å²) in [4.78, 5) is 131. The van der Waals surface area contributed by atoms with Gasteiger partial charge in [-0.25, -0.2) is 59.8 Å². The average molecular weight is 2030 g/mol. The number of nitrogens with one attached hydrogen (secondary N) is 6. The lowest BCUT2D eigenvalue weighted by Crippen LogP contribution is -2.32. The SMILES string of the molecule is CC(C)(C)CC(=O)Nc1nc2ccc(C3CC3)nc2n1C1CCC1.CC(O)(CC(=O)Nc1nc2ccc(Cl)nc2n1C1CCC1)c1ccccc1.CC1(CC(=O)Nc2nc3ccc(C4CCC4)nc3n2C2CCC2)CCC1.Cc1ccc2nc(NC(=O)CC(C)(O)c3ccccc3)n(C3CCC3)c2n1.Cc1ccc2nc(NC(=O)CC(C)C)n(C3CCC3)c2n1.Cc1ccc2nc(NC(=O)[C@H](C)C(C)(C)C)n(C3CCC3)c2n1. The molecule has 0 aliphatic heterocycles. The monoisotopic (exact) mass is 2030 g/mol. The number of pyridine rings is 6. The van der Waals surface area contributed by atoms with Gasteiger partial charge in [0.2, 0.25) is 71.1 Å². The van der Waals surface area contributed by atoms with E-state index in [0.29, 0.717) is 130 Å². The number of rotatable bonds is 26. The molecule has 0 saturated heterocycles. The van der Waals surface area contributed by atoms with Gasteiger partial charge in [-0.15, -0.1) is 0 Å². The highest BCUT2D eigenvalue weighted by Crippen LogP contribution is 2.48. The van der Waals surface area contributed by atoms with Crippen LogP contribution in [0.25, 0.3) is 67.0 Å². The lowest BCUT2D eigenvalue weighted by molar-refractivity contribution is -0.122. The standard InChI is InChI=1S/C21H24N4O2.C21H28N4O.C20H21ClN4O2.C19H26N4O.C18H26N4O.C16H22N4O/c1-14-11-12-17-19(22-14)25(16-9-6-10-16)20(23-17)24-18(26)13-21(2,27)15-7-4-3-5-8-15;1-21(11-4-12-21)13-18(26)24-20-23-17-10-9-16(14-5-2-6-14)22-19(17)25(20)15-7-3-8-15;1-20(27,13-6-3-2-4-7-13)12-17(26)24-19-22-15-10-11-16(21)23-18(15)25(19)14-8-5-9-14;1-19(2,3)11-16(24)22-18-21-15-10-9-14(12-7-8-12)20-17(15)23(18)13-5-4-6-13;1-11-9-10-14-15(19-11)22(13-7-6-8-13)17(20-14)21-16(23)12(2)18(3,4)5;1-10(2)9-14(21)19-16-18-13-8-7-11(3)17-15(13)20(16)12-5-4-6-12/h3-5,7-8,11-12,16,27H,6,9-10,13H2,1-2H3,(H,23,24,26);9-10,14-15H,2-8,11-13H2,1H3,(H,23,24,26);2-4,6-7,10-11,14,27H,5,8-9,12H2,1H3,(H,22,24,26);9-10,12-13H,4-8,11H2,1-3H3,(H,21,22,24);9-10,12-13H,6-8H2,1-5H3,(H,20,21,23);7-8,10,12H,4-6,9H2,1-3H3,(H,18,19,21)/t;;;;12-;/m....0./s1. The summed E-state index contributed by atoms with van der Waals surface area (Å²) in [6.45, 7) is 29.9. The number of hydrogen-bond acceptors (Lipinski definition) is 20. The number of benzene rings is 2. The predicted octanol–water partition coefficient (Wildman–Crippen LogP) is 24.6. The van der Waals surface area contributed by atoms with Crippen LogP contribution in [0, 0.1) is 48.9 Å². The van der Waals surface area contributed by atoms with Crippen LogP contribution in [0.1, 0.15) is 370 Å². The Morgan fingerprint density at radius 1 is 0.345 bits per heavy atom. The number of amides is 6. The van der Waals surface area contributed by atoms with Gasteiger partial charge in [0.05, 0.1) is 24.0 Å². The first-order chi connectivity index (χ1) is 70.7. The normalized spacial score (nSPS) is 17.9. The van der Waals surface area contributed by atoms with E-state index in [-0.39, 0.29) is 76.5 Å². The molecule has 148 heavy (non-hydrogen) atoms. The predicted molar refractivity (Wildman–Crippen MR) is 582 cm³/mol. The number of aromatic nitrogens is 18. The summed E-state index contributed by atoms with van der Waals surface area (Å²) in [5.74, 6) is 4.73. The highest BCUT2D eigenvalue weighted by Gasteiger charge is 2.40. The molecule has 12 heterocycles. The van der Waals surface area contributed by atoms with Crippen molar-refractivity contribution in [1.29, 1.82) is 0 Å². The highest BCUT2D eigenvalue weighted by molar-refractivity contribution is 6.29. The van der Waals surface area contributed by atoms with E-state index in [1.807, 2.05) is 148 Å². The summed E-state index contributed by atoms with van der Waals surface area (Å²) in [5, 5.41) is 39.8. The first-order valence-electron chi connectivity index (χ1n) is 54.0. The Morgan fingerprint density at radius 3 is 0.926 bits per heavy atom. The lowest BCUT2D eigenvalue weighted by atomic mass is 9.68. The fourth-order valence-corrected chi connectivity index (χ4v) is 20.4. The quantitative estimate of drug-likeness (QED) is 0.0233. The first-order valence-corrected chi connectivity index (χ1v) is 54.3. The number of aliphatic hydroxyl groups is 2. The Hall–Kier alpha value is -12.8. The van der Waals surface area contributed by atoms with Crippen LogP contribution in [0.4, 0.5) is 35.7 Å². The summed E-state index contributed by atoms with van der Waals surface area (Å²) < 4.78 is 12.6. The van der Waals surface area contributed by atoms with E-state index < -0.39 is 11.2 Å². The summed E-state index contributed by atoms with van der Waals surface area (Å²) >= 11 is 6.05. The van der Waals surface area contributed by atoms with Crippen LogP contribution >= 0.6 is 11.6 Å². The molecule has 9 aliphatic carbocycles. The third-order valence-corrected chi connectivity index (χ3v) is 31.4. The number of nitrogens with zero attached hydrogens (tertiary/aromatic N) is 18. The van der Waals surface area contributed by atoms with Gasteiger partial charge in [0.1, 0.15) is 38.3 Å². The second kappa shape index (κ2) is 44.2. The van der Waals surface area contributed by atoms with Crippen LogP contribution in [-0.4, -0.2) is 133 Å². The molecule has 9 aliphatic rings. The van der Waals surface area contributed by atoms with E-state index in [0.717, 1.165) is 169 Å². The second-order valence-corrected chi connectivity index (χ2v) is 46.8. The van der Waals surface area contributed by atoms with Crippen LogP contribution < -0.4 is 31.9 Å². The molecule has 14 aromatic rings. The molecule has 9 fully saturated rings. The van der Waals surface area contributed by atoms with Crippen molar-refractivity contribution in [2.45, 2.75) is 362 Å². The number of imidazole rings is 6. The van der Waals surface area contributed by atoms with E-state index in [2.05, 4.69) is 168 Å². The van der Waals surface area contributed by atoms with Gasteiger partial charge in [-0.3, -0.25) is 88.1 Å². The van der Waals surface area contributed by atoms with Gasteiger partial charge >= 0.3 is 0 Å². The third-order valence-electron chi connectivity index (χ3n) is 31.2. The van der Waals surface area contributed by atoms with E-state index in [1.54, 1.807) is 26.0 Å². The summed E-state index contributed by atoms with van der Waals surface area (Å²) in [6.07, 6.45) is 31.9. The van der Waals surface area contributed by atoms with Crippen LogP contribution in [0.3, 0.4) is 0 Å². The van der Waals surface area contributed by atoms with Crippen molar-refractivity contribution in [2.75, 3.05) is 31.9 Å². The van der Waals surface area contributed by atoms with E-state index in [1.165, 1.54) is 82.0 Å². The number of fused-ring (bicyclic) bond motifs is 6. The minimum absolute atomic E-state index is 0.0186. The molecule has 32 nitrogen and oxygen atoms in total. The Bertz CT molecular complexity index is 7000. The van der Waals surface area contributed by atoms with Crippen LogP contribution in [0.2, 0.25) is 5.15 Å². The van der Waals surface area contributed by atoms with E-state index in [9.17, 15) is 39.0 Å². The number of aryl methyl sites for hydroxylation is 3. The van der Waals surface area contributed by atoms with Crippen molar-refractivity contribution in [1.82, 2.24) is 87.2 Å². The molecule has 0 spiro atoms. The number of halogens is 1. The van der Waals surface area contributed by atoms with E-state index >= 15 is 0 Å². The maximum atomic E-state index is 12.7. The first kappa shape index (κ1) is 105. The Labute approximate surface area is 871 Å². The molecule has 0 bridgehead atoms. The Morgan fingerprint density at radius 2 is 0.635 bits per heavy atom. The van der Waals surface area contributed by atoms with Gasteiger partial charge in [0, 0.05) is 102 Å². The number of hydrogen-bond donors (Lipinski definition) is 8. The summed E-state index contributed by atoms with van der Waals surface area (Å²) in [7, 11) is 0. The maximum absolute atomic E-state index is 12.7. The fourth-order valence-electron chi connectivity index (χ4n) is 20.2. The third kappa shape index (κ3) is 24.5. The van der Waals surface area contributed by atoms with Crippen molar-refractivity contribution < 1.29 is 39.0 Å². The molecule has 0 radical (unpaired) electrons. The molecule has 782 valence electrons. The largest absolute Gasteiger partial charge is 0.385 e. The van der Waals surface area contributed by atoms with Crippen molar-refractivity contribution in [2.24, 2.45) is 28.1 Å². The van der Waals surface area contributed by atoms with Gasteiger partial charge in [-0.05, 0) is 295 Å². The molecule has 3 atom stereocenters. The van der Waals surface area contributed by atoms with Gasteiger partial charge in [-0.2, -0.15) is 0 Å². The number of anilines is 6. The fraction of sp³-hybridized carbons (Fsp3) is 0.530. The molecule has 2 aromatic carbocycles. The number of carbonyl (C=O) groups excluding carboxylic acids is 6. The molecule has 33 heteroatoms. The molecular formula is C115H147ClN24O8. The minimum Gasteiger partial charge on any atom is -0.385 e. The average Bonchev–Trinajstić information content (AvgIpc) is 1.75. The molecule has 8 N–H and O–H groups in total. The summed E-state index contributed by atoms with van der Waals surface area (Å²) in [6, 6.07) is 44.2. The highest BCUT2D eigenvalue weighted by atomic mass is 35.5. The zero-order valence-electron chi connectivity index (χ0n) is 88.7. The zero-order chi connectivity index (χ0) is 104. The Kier molecular flexibility index (Phi) is 31.4. The van der Waals surface area contributed by atoms with Crippen LogP contribution in [0.5, 0.6) is 0 Å². The van der Waals surface area contributed by atoms with Crippen molar-refractivity contribution in [3.05, 3.63) is 178 Å². The molecule has 6 amide bonds. The Balaban J connectivity index is 0.000000116. The van der Waals surface area contributed by atoms with Crippen molar-refractivity contribution in [3.63, 3.8) is 0 Å². The molecule has 9 saturated carbocycles. The smallest absolute Gasteiger partial charge is 0.230 e. The lowest BCUT2D eigenvalue weighted by Gasteiger charge is -2.37. The van der Waals surface area contributed by atoms with E-state index in [4.69, 9.17) is 26.6 Å². The topological polar surface area (TPSA) is 399 Å². The van der Waals surface area contributed by atoms with Crippen molar-refractivity contribution >= 4 is 150 Å². The van der Waals surface area contributed by atoms with Gasteiger partial charge in [0.25, 0.3) is 0 Å². The van der Waals surface area contributed by atoms with Crippen molar-refractivity contribution in [3.8, 4) is 0 Å². The molecule has 2 unspecified atom stereocenters. The zero-order valence-corrected chi connectivity index (χ0v) is 89.4. The van der Waals surface area contributed by atoms with Gasteiger partial charge in [-0.1, -0.05) is 154 Å². The van der Waals surface area contributed by atoms with Gasteiger partial charge in [0.15, 0.2) is 33.9 Å². The molecular weight excluding hydrogens is 1880 g/mol. The summed E-state index contributed by atoms with van der Waals surface area (Å²) in [5.41, 5.74) is 14.3.